The number of carbonyl (C=O) groups excluding carboxylic acids is 1. The maximum Gasteiger partial charge on any atom is 0.414 e. The molecule has 0 unspecified atom stereocenters. The second kappa shape index (κ2) is 9.51. The fraction of sp³-hybridized carbons (Fsp3) is 0.500. The van der Waals surface area contributed by atoms with Gasteiger partial charge in [0.15, 0.2) is 0 Å². The van der Waals surface area contributed by atoms with Gasteiger partial charge in [-0.2, -0.15) is 0 Å². The predicted octanol–water partition coefficient (Wildman–Crippen LogP) is 3.97. The number of ether oxygens (including phenoxy) is 2. The number of hydrogen-bond donors (Lipinski definition) is 0. The van der Waals surface area contributed by atoms with E-state index in [1.54, 1.807) is 4.90 Å². The molecule has 32 heavy (non-hydrogen) atoms. The van der Waals surface area contributed by atoms with E-state index in [9.17, 15) is 4.79 Å². The van der Waals surface area contributed by atoms with Gasteiger partial charge in [-0.15, -0.1) is 0 Å². The lowest BCUT2D eigenvalue weighted by atomic mass is 10.0. The number of nitrogens with zero attached hydrogens (tertiary/aromatic N) is 3. The Labute approximate surface area is 190 Å². The molecule has 0 spiro atoms. The van der Waals surface area contributed by atoms with Crippen molar-refractivity contribution in [2.24, 2.45) is 0 Å². The first-order valence-electron chi connectivity index (χ1n) is 11.9. The van der Waals surface area contributed by atoms with Crippen LogP contribution < -0.4 is 9.64 Å². The van der Waals surface area contributed by atoms with Crippen molar-refractivity contribution in [2.75, 3.05) is 51.3 Å². The molecule has 2 aromatic rings. The van der Waals surface area contributed by atoms with Crippen LogP contribution in [-0.2, 0) is 4.74 Å². The van der Waals surface area contributed by atoms with Crippen LogP contribution in [0.4, 0.5) is 10.5 Å². The van der Waals surface area contributed by atoms with Crippen LogP contribution in [0.2, 0.25) is 0 Å². The van der Waals surface area contributed by atoms with Crippen LogP contribution in [0.15, 0.2) is 54.6 Å². The molecule has 170 valence electrons. The molecule has 6 nitrogen and oxygen atoms in total. The molecule has 5 rings (SSSR count). The number of hydrogen-bond acceptors (Lipinski definition) is 5. The number of benzene rings is 2. The zero-order chi connectivity index (χ0) is 21.9. The number of amides is 1. The SMILES string of the molecule is CN(C1CCN(CCOc2ccc(N3CCOC3=O)cc2)CC1)[C@@H]1C[C@H]1c1ccccc1. The van der Waals surface area contributed by atoms with Crippen LogP contribution in [0.25, 0.3) is 0 Å². The van der Waals surface area contributed by atoms with E-state index in [4.69, 9.17) is 9.47 Å². The van der Waals surface area contributed by atoms with Gasteiger partial charge in [0.2, 0.25) is 0 Å². The third-order valence-electron chi connectivity index (χ3n) is 7.23. The van der Waals surface area contributed by atoms with Crippen molar-refractivity contribution in [2.45, 2.75) is 37.3 Å². The standard InChI is InChI=1S/C26H33N3O3/c1-27(25-19-24(25)20-5-3-2-4-6-20)21-11-13-28(14-12-21)15-17-31-23-9-7-22(8-10-23)29-16-18-32-26(29)30/h2-10,21,24-25H,11-19H2,1H3/t24-,25+/m0/s1. The van der Waals surface area contributed by atoms with E-state index in [0.29, 0.717) is 31.8 Å². The molecular formula is C26H33N3O3. The number of rotatable bonds is 8. The van der Waals surface area contributed by atoms with Crippen LogP contribution in [0.1, 0.15) is 30.7 Å². The van der Waals surface area contributed by atoms with Gasteiger partial charge in [-0.3, -0.25) is 14.7 Å². The summed E-state index contributed by atoms with van der Waals surface area (Å²) in [6, 6.07) is 20.1. The number of cyclic esters (lactones) is 1. The Morgan fingerprint density at radius 2 is 1.78 bits per heavy atom. The number of anilines is 1. The molecule has 3 aliphatic rings. The largest absolute Gasteiger partial charge is 0.492 e. The van der Waals surface area contributed by atoms with Crippen LogP contribution in [0.5, 0.6) is 5.75 Å². The predicted molar refractivity (Wildman–Crippen MR) is 125 cm³/mol. The lowest BCUT2D eigenvalue weighted by Gasteiger charge is -2.37. The molecule has 6 heteroatoms. The van der Waals surface area contributed by atoms with E-state index < -0.39 is 0 Å². The van der Waals surface area contributed by atoms with Crippen LogP contribution in [-0.4, -0.2) is 74.4 Å². The van der Waals surface area contributed by atoms with Gasteiger partial charge in [-0.1, -0.05) is 30.3 Å². The molecule has 0 radical (unpaired) electrons. The Morgan fingerprint density at radius 1 is 1.03 bits per heavy atom. The Hall–Kier alpha value is -2.57. The molecule has 1 saturated carbocycles. The minimum atomic E-state index is -0.273. The van der Waals surface area contributed by atoms with E-state index in [1.807, 2.05) is 24.3 Å². The molecule has 2 aliphatic heterocycles. The van der Waals surface area contributed by atoms with Crippen molar-refractivity contribution in [3.05, 3.63) is 60.2 Å². The van der Waals surface area contributed by atoms with Gasteiger partial charge < -0.3 is 9.47 Å². The van der Waals surface area contributed by atoms with Crippen LogP contribution in [0, 0.1) is 0 Å². The first-order valence-corrected chi connectivity index (χ1v) is 11.9. The molecule has 1 aliphatic carbocycles. The fourth-order valence-electron chi connectivity index (χ4n) is 5.15. The smallest absolute Gasteiger partial charge is 0.414 e. The van der Waals surface area contributed by atoms with E-state index >= 15 is 0 Å². The van der Waals surface area contributed by atoms with Gasteiger partial charge in [0.1, 0.15) is 19.0 Å². The Kier molecular flexibility index (Phi) is 6.32. The molecule has 0 bridgehead atoms. The summed E-state index contributed by atoms with van der Waals surface area (Å²) in [7, 11) is 2.32. The number of carbonyl (C=O) groups is 1. The van der Waals surface area contributed by atoms with Gasteiger partial charge in [-0.05, 0) is 69.2 Å². The van der Waals surface area contributed by atoms with Gasteiger partial charge in [-0.25, -0.2) is 4.79 Å². The Balaban J connectivity index is 1.02. The summed E-state index contributed by atoms with van der Waals surface area (Å²) in [5.41, 5.74) is 2.35. The van der Waals surface area contributed by atoms with Crippen molar-refractivity contribution in [3.63, 3.8) is 0 Å². The summed E-state index contributed by atoms with van der Waals surface area (Å²) in [5.74, 6) is 1.56. The van der Waals surface area contributed by atoms with Crippen molar-refractivity contribution in [3.8, 4) is 5.75 Å². The summed E-state index contributed by atoms with van der Waals surface area (Å²) in [6.07, 6.45) is 3.49. The minimum absolute atomic E-state index is 0.273. The molecule has 2 aromatic carbocycles. The average Bonchev–Trinajstić information content (AvgIpc) is 3.53. The van der Waals surface area contributed by atoms with Crippen molar-refractivity contribution >= 4 is 11.8 Å². The number of likely N-dealkylation sites (N-methyl/N-ethyl adjacent to an activating group) is 1. The summed E-state index contributed by atoms with van der Waals surface area (Å²) in [6.45, 7) is 4.97. The van der Waals surface area contributed by atoms with Gasteiger partial charge >= 0.3 is 6.09 Å². The molecule has 0 N–H and O–H groups in total. The topological polar surface area (TPSA) is 45.2 Å². The van der Waals surface area contributed by atoms with Crippen molar-refractivity contribution in [1.29, 1.82) is 0 Å². The Bertz CT molecular complexity index is 896. The summed E-state index contributed by atoms with van der Waals surface area (Å²) in [5, 5.41) is 0. The zero-order valence-electron chi connectivity index (χ0n) is 18.9. The molecule has 0 aromatic heterocycles. The highest BCUT2D eigenvalue weighted by Gasteiger charge is 2.43. The summed E-state index contributed by atoms with van der Waals surface area (Å²) >= 11 is 0. The molecule has 2 heterocycles. The highest BCUT2D eigenvalue weighted by atomic mass is 16.6. The average molecular weight is 436 g/mol. The Morgan fingerprint density at radius 3 is 2.47 bits per heavy atom. The van der Waals surface area contributed by atoms with E-state index in [-0.39, 0.29) is 6.09 Å². The first-order chi connectivity index (χ1) is 15.7. The molecule has 3 fully saturated rings. The lowest BCUT2D eigenvalue weighted by Crippen LogP contribution is -2.45. The van der Waals surface area contributed by atoms with Crippen molar-refractivity contribution < 1.29 is 14.3 Å². The van der Waals surface area contributed by atoms with Gasteiger partial charge in [0, 0.05) is 30.2 Å². The second-order valence-electron chi connectivity index (χ2n) is 9.17. The third-order valence-corrected chi connectivity index (χ3v) is 7.23. The third kappa shape index (κ3) is 4.76. The number of piperidine rings is 1. The summed E-state index contributed by atoms with van der Waals surface area (Å²) < 4.78 is 10.9. The molecule has 2 atom stereocenters. The molecule has 2 saturated heterocycles. The molecule has 1 amide bonds. The van der Waals surface area contributed by atoms with E-state index in [2.05, 4.69) is 47.2 Å². The maximum absolute atomic E-state index is 11.7. The van der Waals surface area contributed by atoms with Crippen LogP contribution >= 0.6 is 0 Å². The van der Waals surface area contributed by atoms with Crippen LogP contribution in [0.3, 0.4) is 0 Å². The van der Waals surface area contributed by atoms with Gasteiger partial charge in [0.25, 0.3) is 0 Å². The highest BCUT2D eigenvalue weighted by molar-refractivity contribution is 5.89. The zero-order valence-corrected chi connectivity index (χ0v) is 18.9. The number of likely N-dealkylation sites (tertiary alicyclic amines) is 1. The first kappa shape index (κ1) is 21.3. The fourth-order valence-corrected chi connectivity index (χ4v) is 5.15. The maximum atomic E-state index is 11.7. The van der Waals surface area contributed by atoms with E-state index in [0.717, 1.165) is 37.0 Å². The van der Waals surface area contributed by atoms with Crippen molar-refractivity contribution in [1.82, 2.24) is 9.80 Å². The molecular weight excluding hydrogens is 402 g/mol. The lowest BCUT2D eigenvalue weighted by molar-refractivity contribution is 0.110. The monoisotopic (exact) mass is 435 g/mol. The normalized spacial score (nSPS) is 24.1. The summed E-state index contributed by atoms with van der Waals surface area (Å²) in [4.78, 5) is 18.5. The quantitative estimate of drug-likeness (QED) is 0.628. The van der Waals surface area contributed by atoms with Gasteiger partial charge in [0.05, 0.1) is 6.54 Å². The van der Waals surface area contributed by atoms with E-state index in [1.165, 1.54) is 24.8 Å². The highest BCUT2D eigenvalue weighted by Crippen LogP contribution is 2.45. The minimum Gasteiger partial charge on any atom is -0.492 e. The second-order valence-corrected chi connectivity index (χ2v) is 9.17.